The van der Waals surface area contributed by atoms with E-state index in [9.17, 15) is 13.2 Å². The second kappa shape index (κ2) is 9.62. The van der Waals surface area contributed by atoms with Crippen LogP contribution in [0.4, 0.5) is 5.69 Å². The minimum Gasteiger partial charge on any atom is -0.481 e. The lowest BCUT2D eigenvalue weighted by atomic mass is 10.0. The molecule has 1 unspecified atom stereocenters. The maximum absolute atomic E-state index is 12.8. The third-order valence-corrected chi connectivity index (χ3v) is 7.35. The summed E-state index contributed by atoms with van der Waals surface area (Å²) in [7, 11) is -3.50. The SMILES string of the molecule is CCC(Oc1cccc(C)c1)C(=O)Nc1ccc(S(=O)(=O)N2CCC(C)CC2)cc1. The largest absolute Gasteiger partial charge is 0.481 e. The zero-order valence-corrected chi connectivity index (χ0v) is 18.6. The Morgan fingerprint density at radius 3 is 2.43 bits per heavy atom. The van der Waals surface area contributed by atoms with Crippen LogP contribution in [0.15, 0.2) is 53.4 Å². The molecule has 1 aliphatic rings. The van der Waals surface area contributed by atoms with Crippen molar-refractivity contribution in [3.63, 3.8) is 0 Å². The second-order valence-electron chi connectivity index (χ2n) is 7.93. The van der Waals surface area contributed by atoms with Gasteiger partial charge >= 0.3 is 0 Å². The van der Waals surface area contributed by atoms with Gasteiger partial charge in [-0.1, -0.05) is 26.0 Å². The maximum atomic E-state index is 12.8. The molecule has 0 bridgehead atoms. The topological polar surface area (TPSA) is 75.7 Å². The second-order valence-corrected chi connectivity index (χ2v) is 9.87. The van der Waals surface area contributed by atoms with Crippen LogP contribution in [0, 0.1) is 12.8 Å². The maximum Gasteiger partial charge on any atom is 0.265 e. The lowest BCUT2D eigenvalue weighted by Crippen LogP contribution is -2.37. The molecule has 0 aromatic heterocycles. The zero-order valence-electron chi connectivity index (χ0n) is 17.8. The highest BCUT2D eigenvalue weighted by atomic mass is 32.2. The lowest BCUT2D eigenvalue weighted by molar-refractivity contribution is -0.122. The van der Waals surface area contributed by atoms with Gasteiger partial charge in [0.2, 0.25) is 10.0 Å². The van der Waals surface area contributed by atoms with Crippen molar-refractivity contribution >= 4 is 21.6 Å². The quantitative estimate of drug-likeness (QED) is 0.714. The summed E-state index contributed by atoms with van der Waals surface area (Å²) in [4.78, 5) is 12.9. The van der Waals surface area contributed by atoms with E-state index in [4.69, 9.17) is 4.74 Å². The predicted octanol–water partition coefficient (Wildman–Crippen LogP) is 4.21. The van der Waals surface area contributed by atoms with Gasteiger partial charge in [-0.05, 0) is 74.1 Å². The number of hydrogen-bond donors (Lipinski definition) is 1. The summed E-state index contributed by atoms with van der Waals surface area (Å²) in [6.45, 7) is 7.10. The van der Waals surface area contributed by atoms with Crippen LogP contribution in [0.3, 0.4) is 0 Å². The smallest absolute Gasteiger partial charge is 0.265 e. The van der Waals surface area contributed by atoms with Gasteiger partial charge in [0.25, 0.3) is 5.91 Å². The van der Waals surface area contributed by atoms with Crippen LogP contribution >= 0.6 is 0 Å². The lowest BCUT2D eigenvalue weighted by Gasteiger charge is -2.29. The van der Waals surface area contributed by atoms with E-state index < -0.39 is 16.1 Å². The standard InChI is InChI=1S/C23H30N2O4S/c1-4-22(29-20-7-5-6-18(3)16-20)23(26)24-19-8-10-21(11-9-19)30(27,28)25-14-12-17(2)13-15-25/h5-11,16-17,22H,4,12-15H2,1-3H3,(H,24,26). The molecule has 1 N–H and O–H groups in total. The first-order valence-electron chi connectivity index (χ1n) is 10.4. The molecule has 1 heterocycles. The molecule has 2 aromatic carbocycles. The molecule has 3 rings (SSSR count). The van der Waals surface area contributed by atoms with E-state index in [1.54, 1.807) is 28.6 Å². The number of hydrogen-bond acceptors (Lipinski definition) is 4. The zero-order chi connectivity index (χ0) is 21.7. The van der Waals surface area contributed by atoms with Gasteiger partial charge in [-0.2, -0.15) is 4.31 Å². The molecular weight excluding hydrogens is 400 g/mol. The van der Waals surface area contributed by atoms with Crippen molar-refractivity contribution in [2.24, 2.45) is 5.92 Å². The normalized spacial score (nSPS) is 16.8. The number of amides is 1. The summed E-state index contributed by atoms with van der Waals surface area (Å²) < 4.78 is 33.0. The minimum absolute atomic E-state index is 0.248. The van der Waals surface area contributed by atoms with Crippen LogP contribution in [0.1, 0.15) is 38.7 Å². The number of carbonyl (C=O) groups excluding carboxylic acids is 1. The van der Waals surface area contributed by atoms with Gasteiger partial charge in [-0.15, -0.1) is 0 Å². The van der Waals surface area contributed by atoms with E-state index in [2.05, 4.69) is 12.2 Å². The number of ether oxygens (including phenoxy) is 1. The van der Waals surface area contributed by atoms with Gasteiger partial charge in [0.05, 0.1) is 4.90 Å². The van der Waals surface area contributed by atoms with Gasteiger partial charge in [0.1, 0.15) is 5.75 Å². The average molecular weight is 431 g/mol. The summed E-state index contributed by atoms with van der Waals surface area (Å²) >= 11 is 0. The molecule has 0 aliphatic carbocycles. The minimum atomic E-state index is -3.50. The molecule has 0 saturated carbocycles. The van der Waals surface area contributed by atoms with E-state index in [1.807, 2.05) is 38.1 Å². The van der Waals surface area contributed by atoms with Gasteiger partial charge in [-0.3, -0.25) is 4.79 Å². The summed E-state index contributed by atoms with van der Waals surface area (Å²) in [5, 5.41) is 2.82. The number of aryl methyl sites for hydroxylation is 1. The summed E-state index contributed by atoms with van der Waals surface area (Å²) in [6, 6.07) is 13.9. The molecule has 30 heavy (non-hydrogen) atoms. The number of piperidine rings is 1. The Morgan fingerprint density at radius 2 is 1.83 bits per heavy atom. The molecule has 162 valence electrons. The molecule has 6 nitrogen and oxygen atoms in total. The van der Waals surface area contributed by atoms with Crippen molar-refractivity contribution in [3.8, 4) is 5.75 Å². The molecule has 0 radical (unpaired) electrons. The fraction of sp³-hybridized carbons (Fsp3) is 0.435. The van der Waals surface area contributed by atoms with E-state index >= 15 is 0 Å². The number of nitrogens with zero attached hydrogens (tertiary/aromatic N) is 1. The first-order valence-corrected chi connectivity index (χ1v) is 11.9. The van der Waals surface area contributed by atoms with Crippen molar-refractivity contribution < 1.29 is 17.9 Å². The number of rotatable bonds is 7. The van der Waals surface area contributed by atoms with Gasteiger partial charge in [0.15, 0.2) is 6.10 Å². The van der Waals surface area contributed by atoms with Crippen LogP contribution < -0.4 is 10.1 Å². The third-order valence-electron chi connectivity index (χ3n) is 5.43. The van der Waals surface area contributed by atoms with Crippen molar-refractivity contribution in [1.82, 2.24) is 4.31 Å². The molecule has 1 aliphatic heterocycles. The molecule has 1 saturated heterocycles. The highest BCUT2D eigenvalue weighted by Gasteiger charge is 2.28. The third kappa shape index (κ3) is 5.40. The Labute approximate surface area is 179 Å². The highest BCUT2D eigenvalue weighted by Crippen LogP contribution is 2.24. The van der Waals surface area contributed by atoms with Crippen molar-refractivity contribution in [3.05, 3.63) is 54.1 Å². The molecule has 2 aromatic rings. The molecule has 0 spiro atoms. The Morgan fingerprint density at radius 1 is 1.17 bits per heavy atom. The van der Waals surface area contributed by atoms with Crippen LogP contribution in [0.25, 0.3) is 0 Å². The molecule has 1 fully saturated rings. The Kier molecular flexibility index (Phi) is 7.15. The van der Waals surface area contributed by atoms with E-state index in [-0.39, 0.29) is 10.8 Å². The van der Waals surface area contributed by atoms with E-state index in [1.165, 1.54) is 0 Å². The average Bonchev–Trinajstić information content (AvgIpc) is 2.72. The summed E-state index contributed by atoms with van der Waals surface area (Å²) in [5.74, 6) is 0.941. The monoisotopic (exact) mass is 430 g/mol. The van der Waals surface area contributed by atoms with Gasteiger partial charge in [-0.25, -0.2) is 8.42 Å². The highest BCUT2D eigenvalue weighted by molar-refractivity contribution is 7.89. The molecule has 1 atom stereocenters. The Balaban J connectivity index is 1.64. The van der Waals surface area contributed by atoms with Gasteiger partial charge in [0, 0.05) is 18.8 Å². The fourth-order valence-corrected chi connectivity index (χ4v) is 4.95. The number of nitrogens with one attached hydrogen (secondary N) is 1. The fourth-order valence-electron chi connectivity index (χ4n) is 3.48. The van der Waals surface area contributed by atoms with Crippen molar-refractivity contribution in [1.29, 1.82) is 0 Å². The van der Waals surface area contributed by atoms with E-state index in [0.717, 1.165) is 18.4 Å². The number of benzene rings is 2. The van der Waals surface area contributed by atoms with Crippen molar-refractivity contribution in [2.75, 3.05) is 18.4 Å². The number of sulfonamides is 1. The number of anilines is 1. The van der Waals surface area contributed by atoms with E-state index in [0.29, 0.717) is 36.9 Å². The Hall–Kier alpha value is -2.38. The number of carbonyl (C=O) groups is 1. The first kappa shape index (κ1) is 22.3. The summed E-state index contributed by atoms with van der Waals surface area (Å²) in [6.07, 6.45) is 1.64. The molecule has 7 heteroatoms. The van der Waals surface area contributed by atoms with Crippen LogP contribution in [0.2, 0.25) is 0 Å². The molecule has 1 amide bonds. The first-order chi connectivity index (χ1) is 14.3. The van der Waals surface area contributed by atoms with Crippen LogP contribution in [0.5, 0.6) is 5.75 Å². The van der Waals surface area contributed by atoms with Crippen LogP contribution in [-0.2, 0) is 14.8 Å². The van der Waals surface area contributed by atoms with Gasteiger partial charge < -0.3 is 10.1 Å². The van der Waals surface area contributed by atoms with Crippen molar-refractivity contribution in [2.45, 2.75) is 51.0 Å². The Bertz CT molecular complexity index is 965. The predicted molar refractivity (Wildman–Crippen MR) is 118 cm³/mol. The molecular formula is C23H30N2O4S. The van der Waals surface area contributed by atoms with Crippen LogP contribution in [-0.4, -0.2) is 37.8 Å². The summed E-state index contributed by atoms with van der Waals surface area (Å²) in [5.41, 5.74) is 1.60.